The van der Waals surface area contributed by atoms with E-state index >= 15 is 0 Å². The first-order valence-electron chi connectivity index (χ1n) is 5.62. The molecule has 0 aliphatic heterocycles. The molecule has 3 rings (SSSR count). The fraction of sp³-hybridized carbons (Fsp3) is 0.0714. The van der Waals surface area contributed by atoms with Gasteiger partial charge in [-0.05, 0) is 45.8 Å². The van der Waals surface area contributed by atoms with Crippen LogP contribution in [0.3, 0.4) is 0 Å². The Bertz CT molecular complexity index is 689. The highest BCUT2D eigenvalue weighted by atomic mass is 79.9. The monoisotopic (exact) mass is 302 g/mol. The Morgan fingerprint density at radius 3 is 2.67 bits per heavy atom. The summed E-state index contributed by atoms with van der Waals surface area (Å²) in [6.45, 7) is 0. The predicted octanol–water partition coefficient (Wildman–Crippen LogP) is 3.39. The van der Waals surface area contributed by atoms with Gasteiger partial charge in [0, 0.05) is 17.1 Å². The van der Waals surface area contributed by atoms with Crippen LogP contribution < -0.4 is 0 Å². The summed E-state index contributed by atoms with van der Waals surface area (Å²) < 4.78 is 3.09. The van der Waals surface area contributed by atoms with Gasteiger partial charge < -0.3 is 9.51 Å². The molecule has 3 nitrogen and oxygen atoms in total. The number of phenols is 1. The number of nitrogens with zero attached hydrogens (tertiary/aromatic N) is 2. The molecule has 2 heterocycles. The Labute approximate surface area is 113 Å². The van der Waals surface area contributed by atoms with E-state index in [0.29, 0.717) is 0 Å². The molecule has 0 aliphatic carbocycles. The average Bonchev–Trinajstić information content (AvgIpc) is 2.75. The number of phenolic OH excluding ortho intramolecular Hbond substituents is 1. The summed E-state index contributed by atoms with van der Waals surface area (Å²) in [5.74, 6) is 1.27. The van der Waals surface area contributed by atoms with Gasteiger partial charge >= 0.3 is 0 Å². The maximum Gasteiger partial charge on any atom is 0.117 e. The lowest BCUT2D eigenvalue weighted by Crippen LogP contribution is -1.96. The van der Waals surface area contributed by atoms with Crippen LogP contribution >= 0.6 is 15.9 Å². The molecule has 0 amide bonds. The van der Waals surface area contributed by atoms with Crippen LogP contribution in [0, 0.1) is 0 Å². The molecule has 0 atom stereocenters. The normalized spacial score (nSPS) is 10.9. The molecular weight excluding hydrogens is 292 g/mol. The molecular formula is C14H11BrN2O. The number of aromatic nitrogens is 2. The molecule has 4 heteroatoms. The molecule has 0 fully saturated rings. The number of hydrogen-bond acceptors (Lipinski definition) is 2. The zero-order chi connectivity index (χ0) is 12.5. The van der Waals surface area contributed by atoms with E-state index in [-0.39, 0.29) is 5.75 Å². The third kappa shape index (κ3) is 2.11. The summed E-state index contributed by atoms with van der Waals surface area (Å²) in [7, 11) is 0. The zero-order valence-corrected chi connectivity index (χ0v) is 11.1. The molecule has 0 saturated heterocycles. The standard InChI is InChI=1S/C14H11BrN2O/c15-11-3-4-12-8-16-14(17(12)9-11)7-10-1-5-13(18)6-2-10/h1-6,8-9,18H,7H2. The molecule has 90 valence electrons. The largest absolute Gasteiger partial charge is 0.508 e. The summed E-state index contributed by atoms with van der Waals surface area (Å²) in [4.78, 5) is 4.43. The molecule has 1 N–H and O–H groups in total. The van der Waals surface area contributed by atoms with E-state index in [9.17, 15) is 5.11 Å². The minimum absolute atomic E-state index is 0.287. The van der Waals surface area contributed by atoms with E-state index in [1.807, 2.05) is 36.7 Å². The first-order valence-corrected chi connectivity index (χ1v) is 6.41. The van der Waals surface area contributed by atoms with Crippen LogP contribution in [-0.2, 0) is 6.42 Å². The van der Waals surface area contributed by atoms with E-state index in [0.717, 1.165) is 27.8 Å². The number of rotatable bonds is 2. The summed E-state index contributed by atoms with van der Waals surface area (Å²) in [6.07, 6.45) is 4.62. The van der Waals surface area contributed by atoms with E-state index < -0.39 is 0 Å². The maximum atomic E-state index is 9.26. The van der Waals surface area contributed by atoms with Gasteiger partial charge in [0.25, 0.3) is 0 Å². The fourth-order valence-electron chi connectivity index (χ4n) is 1.94. The second-order valence-electron chi connectivity index (χ2n) is 4.16. The lowest BCUT2D eigenvalue weighted by atomic mass is 10.1. The molecule has 18 heavy (non-hydrogen) atoms. The van der Waals surface area contributed by atoms with Crippen LogP contribution in [0.15, 0.2) is 53.3 Å². The minimum atomic E-state index is 0.287. The van der Waals surface area contributed by atoms with Gasteiger partial charge in [-0.25, -0.2) is 4.98 Å². The topological polar surface area (TPSA) is 37.5 Å². The van der Waals surface area contributed by atoms with Crippen LogP contribution in [-0.4, -0.2) is 14.5 Å². The Morgan fingerprint density at radius 2 is 1.89 bits per heavy atom. The van der Waals surface area contributed by atoms with Crippen molar-refractivity contribution < 1.29 is 5.11 Å². The molecule has 0 bridgehead atoms. The highest BCUT2D eigenvalue weighted by Gasteiger charge is 2.05. The van der Waals surface area contributed by atoms with Crippen molar-refractivity contribution in [3.63, 3.8) is 0 Å². The highest BCUT2D eigenvalue weighted by Crippen LogP contribution is 2.17. The van der Waals surface area contributed by atoms with E-state index in [2.05, 4.69) is 25.3 Å². The zero-order valence-electron chi connectivity index (χ0n) is 9.55. The molecule has 0 unspecified atom stereocenters. The molecule has 0 aliphatic rings. The summed E-state index contributed by atoms with van der Waals surface area (Å²) in [6, 6.07) is 11.2. The van der Waals surface area contributed by atoms with Crippen molar-refractivity contribution in [2.75, 3.05) is 0 Å². The summed E-state index contributed by atoms with van der Waals surface area (Å²) in [5, 5.41) is 9.26. The van der Waals surface area contributed by atoms with Crippen molar-refractivity contribution in [3.05, 3.63) is 64.7 Å². The van der Waals surface area contributed by atoms with Crippen molar-refractivity contribution in [2.45, 2.75) is 6.42 Å². The average molecular weight is 303 g/mol. The van der Waals surface area contributed by atoms with Gasteiger partial charge in [0.05, 0.1) is 11.7 Å². The lowest BCUT2D eigenvalue weighted by Gasteiger charge is -2.03. The predicted molar refractivity (Wildman–Crippen MR) is 73.8 cm³/mol. The number of fused-ring (bicyclic) bond motifs is 1. The van der Waals surface area contributed by atoms with Crippen molar-refractivity contribution in [2.24, 2.45) is 0 Å². The van der Waals surface area contributed by atoms with Gasteiger partial charge in [-0.15, -0.1) is 0 Å². The molecule has 3 aromatic rings. The van der Waals surface area contributed by atoms with Gasteiger partial charge in [0.15, 0.2) is 0 Å². The van der Waals surface area contributed by atoms with Crippen LogP contribution in [0.2, 0.25) is 0 Å². The van der Waals surface area contributed by atoms with E-state index in [4.69, 9.17) is 0 Å². The minimum Gasteiger partial charge on any atom is -0.508 e. The molecule has 2 aromatic heterocycles. The lowest BCUT2D eigenvalue weighted by molar-refractivity contribution is 0.475. The highest BCUT2D eigenvalue weighted by molar-refractivity contribution is 9.10. The van der Waals surface area contributed by atoms with Crippen molar-refractivity contribution in [3.8, 4) is 5.75 Å². The third-order valence-corrected chi connectivity index (χ3v) is 3.34. The second kappa shape index (κ2) is 4.46. The van der Waals surface area contributed by atoms with Gasteiger partial charge in [0.1, 0.15) is 11.6 Å². The van der Waals surface area contributed by atoms with E-state index in [1.54, 1.807) is 12.1 Å². The van der Waals surface area contributed by atoms with Crippen LogP contribution in [0.5, 0.6) is 5.75 Å². The second-order valence-corrected chi connectivity index (χ2v) is 5.08. The summed E-state index contributed by atoms with van der Waals surface area (Å²) in [5.41, 5.74) is 2.20. The van der Waals surface area contributed by atoms with Crippen LogP contribution in [0.25, 0.3) is 5.52 Å². The van der Waals surface area contributed by atoms with Crippen molar-refractivity contribution in [1.29, 1.82) is 0 Å². The fourth-order valence-corrected chi connectivity index (χ4v) is 2.28. The number of hydrogen-bond donors (Lipinski definition) is 1. The maximum absolute atomic E-state index is 9.26. The van der Waals surface area contributed by atoms with Crippen LogP contribution in [0.4, 0.5) is 0 Å². The molecule has 0 spiro atoms. The van der Waals surface area contributed by atoms with Crippen LogP contribution in [0.1, 0.15) is 11.4 Å². The van der Waals surface area contributed by atoms with Crippen molar-refractivity contribution >= 4 is 21.4 Å². The van der Waals surface area contributed by atoms with Gasteiger partial charge in [0.2, 0.25) is 0 Å². The van der Waals surface area contributed by atoms with Gasteiger partial charge in [-0.3, -0.25) is 0 Å². The SMILES string of the molecule is Oc1ccc(Cc2ncc3ccc(Br)cn23)cc1. The van der Waals surface area contributed by atoms with E-state index in [1.165, 1.54) is 0 Å². The Kier molecular flexibility index (Phi) is 2.80. The van der Waals surface area contributed by atoms with Gasteiger partial charge in [-0.1, -0.05) is 12.1 Å². The number of halogens is 1. The van der Waals surface area contributed by atoms with Gasteiger partial charge in [-0.2, -0.15) is 0 Å². The first-order chi connectivity index (χ1) is 8.72. The number of imidazole rings is 1. The quantitative estimate of drug-likeness (QED) is 0.788. The molecule has 1 aromatic carbocycles. The molecule has 0 saturated carbocycles. The van der Waals surface area contributed by atoms with Crippen molar-refractivity contribution in [1.82, 2.24) is 9.38 Å². The Balaban J connectivity index is 1.99. The molecule has 0 radical (unpaired) electrons. The first kappa shape index (κ1) is 11.3. The third-order valence-electron chi connectivity index (χ3n) is 2.87. The number of pyridine rings is 1. The Hall–Kier alpha value is -1.81. The summed E-state index contributed by atoms with van der Waals surface area (Å²) >= 11 is 3.46. The number of aromatic hydroxyl groups is 1. The smallest absolute Gasteiger partial charge is 0.117 e. The Morgan fingerprint density at radius 1 is 1.11 bits per heavy atom. The number of benzene rings is 1.